The van der Waals surface area contributed by atoms with E-state index in [4.69, 9.17) is 0 Å². The van der Waals surface area contributed by atoms with Crippen LogP contribution in [-0.2, 0) is 19.6 Å². The van der Waals surface area contributed by atoms with Gasteiger partial charge in [0, 0.05) is 40.2 Å². The standard InChI is InChI=1S/C46H54N8O7S/c1-28(2)25-62(60,61)54-20-14-33-24-35(10-12-39(33)54)41(56)50-37(43(58)52-46(27-48)17-18-46)22-30(4)6-5-29(3)21-36(42(57)51-45(26-47)15-16-45)49-40(55)34-9-11-38-32(23-34)13-19-53(38)44(59)31-7-8-31/h9-14,19-20,23-24,28-31,36-37H,5-8,15-18,21-22,25H2,1-4H3,(H,49,55)(H,50,56)(H,51,57)(H,52,58). The number of hydrogen-bond donors (Lipinski definition) is 4. The highest BCUT2D eigenvalue weighted by Crippen LogP contribution is 2.36. The third kappa shape index (κ3) is 10.0. The zero-order valence-electron chi connectivity index (χ0n) is 35.6. The van der Waals surface area contributed by atoms with E-state index in [0.717, 1.165) is 18.2 Å². The number of aromatic nitrogens is 2. The summed E-state index contributed by atoms with van der Waals surface area (Å²) in [6.45, 7) is 7.58. The molecule has 4 N–H and O–H groups in total. The molecule has 3 fully saturated rings. The molecule has 4 aromatic rings. The van der Waals surface area contributed by atoms with Crippen molar-refractivity contribution >= 4 is 61.4 Å². The molecule has 0 spiro atoms. The van der Waals surface area contributed by atoms with Gasteiger partial charge in [-0.2, -0.15) is 10.5 Å². The Labute approximate surface area is 361 Å². The normalized spacial score (nSPS) is 18.1. The maximum Gasteiger partial charge on any atom is 0.251 e. The molecule has 62 heavy (non-hydrogen) atoms. The van der Waals surface area contributed by atoms with E-state index in [1.54, 1.807) is 53.2 Å². The molecule has 2 heterocycles. The zero-order valence-corrected chi connectivity index (χ0v) is 36.4. The van der Waals surface area contributed by atoms with Gasteiger partial charge in [-0.05, 0) is 118 Å². The van der Waals surface area contributed by atoms with Gasteiger partial charge in [0.25, 0.3) is 11.8 Å². The zero-order chi connectivity index (χ0) is 44.6. The number of rotatable bonds is 19. The van der Waals surface area contributed by atoms with Crippen LogP contribution in [0, 0.1) is 46.3 Å². The Hall–Kier alpha value is -6.00. The van der Waals surface area contributed by atoms with Gasteiger partial charge in [-0.1, -0.05) is 40.5 Å². The number of benzene rings is 2. The first-order valence-electron chi connectivity index (χ1n) is 21.5. The minimum atomic E-state index is -3.61. The predicted octanol–water partition coefficient (Wildman–Crippen LogP) is 5.55. The number of carbonyl (C=O) groups is 5. The second-order valence-corrected chi connectivity index (χ2v) is 20.2. The van der Waals surface area contributed by atoms with Crippen LogP contribution in [0.25, 0.3) is 21.8 Å². The molecular formula is C46H54N8O7S. The lowest BCUT2D eigenvalue weighted by molar-refractivity contribution is -0.124. The monoisotopic (exact) mass is 862 g/mol. The average molecular weight is 863 g/mol. The molecule has 4 unspecified atom stereocenters. The van der Waals surface area contributed by atoms with Crippen molar-refractivity contribution in [3.05, 3.63) is 72.1 Å². The van der Waals surface area contributed by atoms with Crippen LogP contribution in [-0.4, -0.2) is 75.4 Å². The SMILES string of the molecule is CC(C)CS(=O)(=O)n1ccc2cc(C(=O)NC(CC(C)CCC(C)CC(NC(=O)c3ccc4c(ccn4C(=O)C4CC4)c3)C(=O)NC3(C#N)CC3)C(=O)NC3(C#N)CC3)ccc21. The van der Waals surface area contributed by atoms with E-state index < -0.39 is 56.8 Å². The van der Waals surface area contributed by atoms with Gasteiger partial charge in [0.1, 0.15) is 23.2 Å². The summed E-state index contributed by atoms with van der Waals surface area (Å²) in [5.74, 6) is -2.13. The lowest BCUT2D eigenvalue weighted by Gasteiger charge is -2.25. The Morgan fingerprint density at radius 3 is 1.63 bits per heavy atom. The molecule has 3 aliphatic rings. The fourth-order valence-corrected chi connectivity index (χ4v) is 9.70. The fraction of sp³-hybridized carbons (Fsp3) is 0.500. The van der Waals surface area contributed by atoms with Gasteiger partial charge < -0.3 is 21.3 Å². The number of carbonyl (C=O) groups excluding carboxylic acids is 5. The van der Waals surface area contributed by atoms with Crippen molar-refractivity contribution in [2.75, 3.05) is 5.75 Å². The van der Waals surface area contributed by atoms with Crippen LogP contribution < -0.4 is 21.3 Å². The Morgan fingerprint density at radius 1 is 0.710 bits per heavy atom. The summed E-state index contributed by atoms with van der Waals surface area (Å²) in [4.78, 5) is 67.4. The number of amides is 4. The smallest absolute Gasteiger partial charge is 0.251 e. The van der Waals surface area contributed by atoms with Crippen LogP contribution in [0.2, 0.25) is 0 Å². The molecule has 2 aromatic heterocycles. The third-order valence-electron chi connectivity index (χ3n) is 12.2. The van der Waals surface area contributed by atoms with E-state index in [9.17, 15) is 42.9 Å². The number of nitrogens with one attached hydrogen (secondary N) is 4. The highest BCUT2D eigenvalue weighted by molar-refractivity contribution is 7.90. The summed E-state index contributed by atoms with van der Waals surface area (Å²) in [5.41, 5.74) is -0.176. The van der Waals surface area contributed by atoms with Crippen LogP contribution in [0.4, 0.5) is 0 Å². The van der Waals surface area contributed by atoms with Crippen LogP contribution in [0.1, 0.15) is 117 Å². The van der Waals surface area contributed by atoms with E-state index >= 15 is 0 Å². The van der Waals surface area contributed by atoms with Crippen molar-refractivity contribution in [2.24, 2.45) is 23.7 Å². The molecular weight excluding hydrogens is 809 g/mol. The first-order chi connectivity index (χ1) is 29.4. The van der Waals surface area contributed by atoms with Crippen molar-refractivity contribution < 1.29 is 32.4 Å². The Morgan fingerprint density at radius 2 is 1.18 bits per heavy atom. The fourth-order valence-electron chi connectivity index (χ4n) is 7.99. The lowest BCUT2D eigenvalue weighted by Crippen LogP contribution is -2.51. The average Bonchev–Trinajstić information content (AvgIpc) is 4.19. The summed E-state index contributed by atoms with van der Waals surface area (Å²) in [6.07, 6.45) is 8.75. The van der Waals surface area contributed by atoms with Crippen molar-refractivity contribution in [3.63, 3.8) is 0 Å². The minimum Gasteiger partial charge on any atom is -0.340 e. The van der Waals surface area contributed by atoms with Crippen molar-refractivity contribution in [1.29, 1.82) is 10.5 Å². The predicted molar refractivity (Wildman–Crippen MR) is 232 cm³/mol. The van der Waals surface area contributed by atoms with Gasteiger partial charge in [0.2, 0.25) is 27.7 Å². The summed E-state index contributed by atoms with van der Waals surface area (Å²) in [5, 5.41) is 32.1. The second-order valence-electron chi connectivity index (χ2n) is 18.3. The van der Waals surface area contributed by atoms with Crippen LogP contribution in [0.3, 0.4) is 0 Å². The summed E-state index contributed by atoms with van der Waals surface area (Å²) in [6, 6.07) is 15.6. The van der Waals surface area contributed by atoms with E-state index in [1.807, 2.05) is 27.7 Å². The van der Waals surface area contributed by atoms with E-state index in [2.05, 4.69) is 33.4 Å². The Bertz CT molecular complexity index is 2620. The first-order valence-corrected chi connectivity index (χ1v) is 23.1. The van der Waals surface area contributed by atoms with Crippen molar-refractivity contribution in [2.45, 2.75) is 115 Å². The second kappa shape index (κ2) is 17.4. The maximum atomic E-state index is 13.7. The third-order valence-corrected chi connectivity index (χ3v) is 14.2. The first kappa shape index (κ1) is 44.1. The van der Waals surface area contributed by atoms with Gasteiger partial charge in [-0.25, -0.2) is 12.4 Å². The number of hydrogen-bond acceptors (Lipinski definition) is 9. The molecule has 16 heteroatoms. The summed E-state index contributed by atoms with van der Waals surface area (Å²) in [7, 11) is -3.61. The minimum absolute atomic E-state index is 0.0322. The van der Waals surface area contributed by atoms with Crippen LogP contribution in [0.15, 0.2) is 60.9 Å². The molecule has 0 bridgehead atoms. The highest BCUT2D eigenvalue weighted by atomic mass is 32.2. The number of fused-ring (bicyclic) bond motifs is 2. The Balaban J connectivity index is 1.00. The van der Waals surface area contributed by atoms with Crippen molar-refractivity contribution in [3.8, 4) is 12.1 Å². The lowest BCUT2D eigenvalue weighted by atomic mass is 9.89. The quantitative estimate of drug-likeness (QED) is 0.0926. The topological polar surface area (TPSA) is 225 Å². The largest absolute Gasteiger partial charge is 0.340 e. The van der Waals surface area contributed by atoms with Crippen LogP contribution in [0.5, 0.6) is 0 Å². The van der Waals surface area contributed by atoms with Gasteiger partial charge in [-0.15, -0.1) is 0 Å². The summed E-state index contributed by atoms with van der Waals surface area (Å²) >= 11 is 0. The highest BCUT2D eigenvalue weighted by Gasteiger charge is 2.47. The maximum absolute atomic E-state index is 13.7. The molecule has 0 saturated heterocycles. The molecule has 4 atom stereocenters. The van der Waals surface area contributed by atoms with E-state index in [0.29, 0.717) is 60.5 Å². The van der Waals surface area contributed by atoms with E-state index in [1.165, 1.54) is 16.2 Å². The van der Waals surface area contributed by atoms with E-state index in [-0.39, 0.29) is 53.7 Å². The molecule has 2 aromatic carbocycles. The van der Waals surface area contributed by atoms with Gasteiger partial charge in [-0.3, -0.25) is 28.5 Å². The molecule has 3 saturated carbocycles. The molecule has 326 valence electrons. The Kier molecular flexibility index (Phi) is 12.4. The van der Waals surface area contributed by atoms with Gasteiger partial charge in [0.05, 0.1) is 28.9 Å². The number of nitrogens with zero attached hydrogens (tertiary/aromatic N) is 4. The molecule has 3 aliphatic carbocycles. The van der Waals surface area contributed by atoms with Gasteiger partial charge in [0.15, 0.2) is 0 Å². The molecule has 0 aliphatic heterocycles. The van der Waals surface area contributed by atoms with Crippen molar-refractivity contribution in [1.82, 2.24) is 29.8 Å². The molecule has 7 rings (SSSR count). The van der Waals surface area contributed by atoms with Crippen LogP contribution >= 0.6 is 0 Å². The molecule has 4 amide bonds. The molecule has 0 radical (unpaired) electrons. The number of nitriles is 2. The van der Waals surface area contributed by atoms with Gasteiger partial charge >= 0.3 is 0 Å². The molecule has 15 nitrogen and oxygen atoms in total. The summed E-state index contributed by atoms with van der Waals surface area (Å²) < 4.78 is 28.8.